The van der Waals surface area contributed by atoms with E-state index in [-0.39, 0.29) is 0 Å². The summed E-state index contributed by atoms with van der Waals surface area (Å²) < 4.78 is 33.5. The lowest BCUT2D eigenvalue weighted by Crippen LogP contribution is -2.40. The van der Waals surface area contributed by atoms with Crippen LogP contribution in [0.3, 0.4) is 0 Å². The molecule has 0 aromatic heterocycles. The van der Waals surface area contributed by atoms with Gasteiger partial charge in [-0.1, -0.05) is 18.2 Å². The van der Waals surface area contributed by atoms with E-state index < -0.39 is 17.0 Å². The van der Waals surface area contributed by atoms with E-state index in [0.29, 0.717) is 18.3 Å². The number of nitrogens with zero attached hydrogens (tertiary/aromatic N) is 1. The number of rotatable bonds is 2. The molecular weight excluding hydrogens is 334 g/mol. The summed E-state index contributed by atoms with van der Waals surface area (Å²) in [6, 6.07) is 10.8. The zero-order chi connectivity index (χ0) is 17.7. The molecule has 2 aromatic rings. The van der Waals surface area contributed by atoms with Gasteiger partial charge in [-0.05, 0) is 49.5 Å². The summed E-state index contributed by atoms with van der Waals surface area (Å²) in [4.78, 5) is 2.42. The Morgan fingerprint density at radius 1 is 1.08 bits per heavy atom. The van der Waals surface area contributed by atoms with Gasteiger partial charge in [0.15, 0.2) is 11.6 Å². The van der Waals surface area contributed by atoms with Crippen LogP contribution in [0.15, 0.2) is 36.4 Å². The molecule has 26 heavy (non-hydrogen) atoms. The first-order chi connectivity index (χ1) is 12.7. The van der Waals surface area contributed by atoms with Gasteiger partial charge in [0, 0.05) is 30.4 Å². The number of hydrogen-bond acceptors (Lipinski definition) is 3. The van der Waals surface area contributed by atoms with Crippen molar-refractivity contribution in [2.45, 2.75) is 18.3 Å². The van der Waals surface area contributed by atoms with E-state index in [1.54, 1.807) is 0 Å². The summed E-state index contributed by atoms with van der Waals surface area (Å²) in [6.07, 6.45) is 2.36. The SMILES string of the molecule is Fc1cc2c(cc1F)C1(CO2)CN(CC2CCNCC2)c2ccccc21. The molecule has 2 aromatic carbocycles. The molecule has 5 rings (SSSR count). The van der Waals surface area contributed by atoms with Crippen molar-refractivity contribution < 1.29 is 13.5 Å². The van der Waals surface area contributed by atoms with Crippen LogP contribution in [0.25, 0.3) is 0 Å². The van der Waals surface area contributed by atoms with Crippen molar-refractivity contribution in [3.63, 3.8) is 0 Å². The van der Waals surface area contributed by atoms with Crippen LogP contribution in [0, 0.1) is 17.6 Å². The molecule has 136 valence electrons. The number of benzene rings is 2. The van der Waals surface area contributed by atoms with Gasteiger partial charge in [0.1, 0.15) is 12.4 Å². The second-order valence-corrected chi connectivity index (χ2v) is 7.72. The van der Waals surface area contributed by atoms with Crippen LogP contribution in [0.2, 0.25) is 0 Å². The van der Waals surface area contributed by atoms with Gasteiger partial charge in [0.2, 0.25) is 0 Å². The van der Waals surface area contributed by atoms with Crippen molar-refractivity contribution in [2.75, 3.05) is 37.7 Å². The normalized spacial score (nSPS) is 24.6. The lowest BCUT2D eigenvalue weighted by Gasteiger charge is -2.30. The number of hydrogen-bond donors (Lipinski definition) is 1. The van der Waals surface area contributed by atoms with Crippen LogP contribution < -0.4 is 15.0 Å². The van der Waals surface area contributed by atoms with E-state index in [1.165, 1.54) is 36.2 Å². The smallest absolute Gasteiger partial charge is 0.162 e. The molecule has 1 saturated heterocycles. The maximum atomic E-state index is 14.0. The minimum atomic E-state index is -0.848. The first-order valence-corrected chi connectivity index (χ1v) is 9.35. The Kier molecular flexibility index (Phi) is 3.67. The Hall–Kier alpha value is -2.14. The molecule has 1 N–H and O–H groups in total. The fraction of sp³-hybridized carbons (Fsp3) is 0.429. The minimum Gasteiger partial charge on any atom is -0.492 e. The highest BCUT2D eigenvalue weighted by Crippen LogP contribution is 2.51. The molecular formula is C21H22F2N2O. The van der Waals surface area contributed by atoms with Crippen LogP contribution >= 0.6 is 0 Å². The molecule has 0 saturated carbocycles. The van der Waals surface area contributed by atoms with Crippen LogP contribution in [-0.2, 0) is 5.41 Å². The summed E-state index contributed by atoms with van der Waals surface area (Å²) in [6.45, 7) is 4.34. The van der Waals surface area contributed by atoms with E-state index in [4.69, 9.17) is 4.74 Å². The van der Waals surface area contributed by atoms with Crippen molar-refractivity contribution in [2.24, 2.45) is 5.92 Å². The average molecular weight is 356 g/mol. The van der Waals surface area contributed by atoms with E-state index in [2.05, 4.69) is 28.4 Å². The number of nitrogens with one attached hydrogen (secondary N) is 1. The van der Waals surface area contributed by atoms with Crippen molar-refractivity contribution in [1.82, 2.24) is 5.32 Å². The van der Waals surface area contributed by atoms with Gasteiger partial charge in [0.05, 0.1) is 5.41 Å². The summed E-state index contributed by atoms with van der Waals surface area (Å²) in [5.74, 6) is -0.518. The highest BCUT2D eigenvalue weighted by atomic mass is 19.2. The molecule has 1 spiro atoms. The fourth-order valence-electron chi connectivity index (χ4n) is 4.84. The van der Waals surface area contributed by atoms with Crippen LogP contribution in [0.4, 0.5) is 14.5 Å². The summed E-state index contributed by atoms with van der Waals surface area (Å²) in [7, 11) is 0. The van der Waals surface area contributed by atoms with E-state index in [9.17, 15) is 8.78 Å². The number of halogens is 2. The molecule has 0 aliphatic carbocycles. The van der Waals surface area contributed by atoms with Gasteiger partial charge in [-0.3, -0.25) is 0 Å². The monoisotopic (exact) mass is 356 g/mol. The average Bonchev–Trinajstić information content (AvgIpc) is 3.16. The van der Waals surface area contributed by atoms with Crippen molar-refractivity contribution in [3.8, 4) is 5.75 Å². The minimum absolute atomic E-state index is 0.409. The molecule has 1 fully saturated rings. The van der Waals surface area contributed by atoms with E-state index in [0.717, 1.165) is 31.7 Å². The second kappa shape index (κ2) is 5.95. The largest absolute Gasteiger partial charge is 0.492 e. The standard InChI is InChI=1S/C21H22F2N2O/c22-17-9-16-20(10-18(17)23)26-13-21(16)12-25(11-14-5-7-24-8-6-14)19-4-2-1-3-15(19)21/h1-4,9-10,14,24H,5-8,11-13H2. The second-order valence-electron chi connectivity index (χ2n) is 7.72. The molecule has 0 radical (unpaired) electrons. The molecule has 3 aliphatic rings. The quantitative estimate of drug-likeness (QED) is 0.892. The van der Waals surface area contributed by atoms with Gasteiger partial charge < -0.3 is 15.0 Å². The number of piperidine rings is 1. The Morgan fingerprint density at radius 2 is 1.85 bits per heavy atom. The Labute approximate surface area is 152 Å². The topological polar surface area (TPSA) is 24.5 Å². The van der Waals surface area contributed by atoms with Gasteiger partial charge in [-0.25, -0.2) is 8.78 Å². The molecule has 3 heterocycles. The number of para-hydroxylation sites is 1. The van der Waals surface area contributed by atoms with Crippen molar-refractivity contribution >= 4 is 5.69 Å². The summed E-state index contributed by atoms with van der Waals surface area (Å²) >= 11 is 0. The molecule has 3 aliphatic heterocycles. The number of anilines is 1. The number of ether oxygens (including phenoxy) is 1. The van der Waals surface area contributed by atoms with E-state index >= 15 is 0 Å². The lowest BCUT2D eigenvalue weighted by molar-refractivity contribution is 0.295. The highest BCUT2D eigenvalue weighted by Gasteiger charge is 2.50. The molecule has 5 heteroatoms. The third kappa shape index (κ3) is 2.33. The Balaban J connectivity index is 1.55. The molecule has 0 amide bonds. The summed E-state index contributed by atoms with van der Waals surface area (Å²) in [5, 5.41) is 3.42. The lowest BCUT2D eigenvalue weighted by atomic mass is 9.78. The molecule has 1 atom stereocenters. The first kappa shape index (κ1) is 16.1. The summed E-state index contributed by atoms with van der Waals surface area (Å²) in [5.41, 5.74) is 2.73. The number of fused-ring (bicyclic) bond motifs is 4. The van der Waals surface area contributed by atoms with Gasteiger partial charge in [0.25, 0.3) is 0 Å². The maximum Gasteiger partial charge on any atom is 0.162 e. The molecule has 3 nitrogen and oxygen atoms in total. The van der Waals surface area contributed by atoms with Crippen LogP contribution in [0.1, 0.15) is 24.0 Å². The molecule has 1 unspecified atom stereocenters. The van der Waals surface area contributed by atoms with Crippen LogP contribution in [0.5, 0.6) is 5.75 Å². The predicted octanol–water partition coefficient (Wildman–Crippen LogP) is 3.46. The van der Waals surface area contributed by atoms with Gasteiger partial charge >= 0.3 is 0 Å². The Morgan fingerprint density at radius 3 is 2.69 bits per heavy atom. The van der Waals surface area contributed by atoms with Gasteiger partial charge in [-0.2, -0.15) is 0 Å². The zero-order valence-corrected chi connectivity index (χ0v) is 14.6. The van der Waals surface area contributed by atoms with Crippen molar-refractivity contribution in [1.29, 1.82) is 0 Å². The third-order valence-electron chi connectivity index (χ3n) is 6.17. The van der Waals surface area contributed by atoms with Gasteiger partial charge in [-0.15, -0.1) is 0 Å². The zero-order valence-electron chi connectivity index (χ0n) is 14.6. The van der Waals surface area contributed by atoms with E-state index in [1.807, 2.05) is 6.07 Å². The Bertz CT molecular complexity index is 850. The predicted molar refractivity (Wildman–Crippen MR) is 96.9 cm³/mol. The van der Waals surface area contributed by atoms with Crippen LogP contribution in [-0.4, -0.2) is 32.8 Å². The van der Waals surface area contributed by atoms with Crippen molar-refractivity contribution in [3.05, 3.63) is 59.2 Å². The fourth-order valence-corrected chi connectivity index (χ4v) is 4.84. The first-order valence-electron chi connectivity index (χ1n) is 9.35. The molecule has 0 bridgehead atoms. The third-order valence-corrected chi connectivity index (χ3v) is 6.17. The highest BCUT2D eigenvalue weighted by molar-refractivity contribution is 5.69. The maximum absolute atomic E-state index is 14.0.